The van der Waals surface area contributed by atoms with Crippen LogP contribution in [0, 0.1) is 6.92 Å². The fraction of sp³-hybridized carbons (Fsp3) is 0.233. The molecule has 40 heavy (non-hydrogen) atoms. The second-order valence-corrected chi connectivity index (χ2v) is 11.9. The number of aryl methyl sites for hydroxylation is 1. The average molecular weight is 560 g/mol. The van der Waals surface area contributed by atoms with E-state index < -0.39 is 27.9 Å². The number of carbonyl (C=O) groups is 2. The van der Waals surface area contributed by atoms with Gasteiger partial charge in [0.2, 0.25) is 0 Å². The Kier molecular flexibility index (Phi) is 7.44. The Bertz CT molecular complexity index is 1690. The molecule has 9 nitrogen and oxygen atoms in total. The van der Waals surface area contributed by atoms with Gasteiger partial charge in [0, 0.05) is 24.5 Å². The van der Waals surface area contributed by atoms with Crippen molar-refractivity contribution in [3.8, 4) is 0 Å². The highest BCUT2D eigenvalue weighted by atomic mass is 32.2. The number of carboxylic acid groups (broad SMARTS) is 1. The van der Waals surface area contributed by atoms with Gasteiger partial charge >= 0.3 is 12.1 Å². The molecule has 0 fully saturated rings. The Hall–Kier alpha value is -4.44. The fourth-order valence-corrected chi connectivity index (χ4v) is 6.29. The predicted molar refractivity (Wildman–Crippen MR) is 152 cm³/mol. The summed E-state index contributed by atoms with van der Waals surface area (Å²) in [7, 11) is -3.50. The largest absolute Gasteiger partial charge is 0.480 e. The topological polar surface area (TPSA) is 117 Å². The molecular weight excluding hydrogens is 530 g/mol. The van der Waals surface area contributed by atoms with Crippen molar-refractivity contribution in [1.29, 1.82) is 0 Å². The Balaban J connectivity index is 1.61. The maximum absolute atomic E-state index is 13.5. The van der Waals surface area contributed by atoms with Gasteiger partial charge in [0.25, 0.3) is 0 Å². The molecule has 3 aromatic carbocycles. The predicted octanol–water partition coefficient (Wildman–Crippen LogP) is 4.95. The number of hydrogen-bond acceptors (Lipinski definition) is 7. The number of fused-ring (bicyclic) bond motifs is 2. The normalized spacial score (nSPS) is 15.1. The van der Waals surface area contributed by atoms with Crippen LogP contribution in [-0.4, -0.2) is 48.9 Å². The molecule has 0 saturated carbocycles. The zero-order valence-corrected chi connectivity index (χ0v) is 23.0. The van der Waals surface area contributed by atoms with Crippen LogP contribution in [0.5, 0.6) is 0 Å². The van der Waals surface area contributed by atoms with Crippen molar-refractivity contribution in [1.82, 2.24) is 4.98 Å². The van der Waals surface area contributed by atoms with Crippen molar-refractivity contribution < 1.29 is 27.9 Å². The molecule has 1 aliphatic rings. The molecule has 0 bridgehead atoms. The van der Waals surface area contributed by atoms with Gasteiger partial charge in [-0.2, -0.15) is 0 Å². The van der Waals surface area contributed by atoms with Gasteiger partial charge in [0.15, 0.2) is 9.84 Å². The van der Waals surface area contributed by atoms with Gasteiger partial charge in [-0.15, -0.1) is 0 Å². The first-order valence-corrected chi connectivity index (χ1v) is 14.5. The van der Waals surface area contributed by atoms with Crippen LogP contribution in [0.3, 0.4) is 0 Å². The molecule has 0 unspecified atom stereocenters. The Labute approximate surface area is 232 Å². The minimum absolute atomic E-state index is 0.0296. The second-order valence-electron chi connectivity index (χ2n) is 9.79. The van der Waals surface area contributed by atoms with Gasteiger partial charge in [0.1, 0.15) is 18.5 Å². The molecule has 1 aliphatic heterocycles. The third-order valence-corrected chi connectivity index (χ3v) is 8.75. The number of sulfone groups is 1. The molecule has 0 saturated heterocycles. The summed E-state index contributed by atoms with van der Waals surface area (Å²) >= 11 is 0. The van der Waals surface area contributed by atoms with E-state index in [2.05, 4.69) is 0 Å². The number of carboxylic acids is 1. The number of hydrogen-bond donors (Lipinski definition) is 1. The highest BCUT2D eigenvalue weighted by Gasteiger charge is 2.32. The lowest BCUT2D eigenvalue weighted by molar-refractivity contribution is -0.138. The Morgan fingerprint density at radius 3 is 2.52 bits per heavy atom. The molecule has 1 amide bonds. The summed E-state index contributed by atoms with van der Waals surface area (Å²) in [6, 6.07) is 21.9. The van der Waals surface area contributed by atoms with Crippen LogP contribution in [0.25, 0.3) is 10.9 Å². The molecule has 5 rings (SSSR count). The van der Waals surface area contributed by atoms with E-state index in [0.717, 1.165) is 16.0 Å². The van der Waals surface area contributed by atoms with E-state index in [-0.39, 0.29) is 25.4 Å². The lowest BCUT2D eigenvalue weighted by atomic mass is 10.1. The van der Waals surface area contributed by atoms with Crippen LogP contribution in [-0.2, 0) is 32.5 Å². The zero-order valence-electron chi connectivity index (χ0n) is 22.1. The fourth-order valence-electron chi connectivity index (χ4n) is 4.79. The molecule has 0 aliphatic carbocycles. The molecule has 206 valence electrons. The Morgan fingerprint density at radius 2 is 1.77 bits per heavy atom. The number of aliphatic carboxylic acids is 1. The molecule has 1 N–H and O–H groups in total. The molecule has 1 aromatic heterocycles. The van der Waals surface area contributed by atoms with E-state index in [9.17, 15) is 23.1 Å². The monoisotopic (exact) mass is 559 g/mol. The molecular formula is C30H29N3O6S. The third-order valence-electron chi connectivity index (χ3n) is 6.96. The van der Waals surface area contributed by atoms with Crippen LogP contribution in [0.2, 0.25) is 0 Å². The highest BCUT2D eigenvalue weighted by molar-refractivity contribution is 7.91. The van der Waals surface area contributed by atoms with Gasteiger partial charge in [-0.1, -0.05) is 60.2 Å². The maximum Gasteiger partial charge on any atom is 0.415 e. The lowest BCUT2D eigenvalue weighted by Gasteiger charge is -2.29. The van der Waals surface area contributed by atoms with Gasteiger partial charge in [-0.3, -0.25) is 4.90 Å². The van der Waals surface area contributed by atoms with Crippen LogP contribution >= 0.6 is 0 Å². The van der Waals surface area contributed by atoms with Crippen molar-refractivity contribution in [2.75, 3.05) is 22.1 Å². The van der Waals surface area contributed by atoms with Crippen LogP contribution in [0.4, 0.5) is 16.3 Å². The van der Waals surface area contributed by atoms with Gasteiger partial charge in [0.05, 0.1) is 21.9 Å². The summed E-state index contributed by atoms with van der Waals surface area (Å²) in [6.45, 7) is 3.74. The van der Waals surface area contributed by atoms with Gasteiger partial charge in [-0.05, 0) is 43.2 Å². The smallest absolute Gasteiger partial charge is 0.415 e. The number of carbonyl (C=O) groups excluding carboxylic acids is 1. The van der Waals surface area contributed by atoms with Crippen LogP contribution < -0.4 is 9.80 Å². The van der Waals surface area contributed by atoms with E-state index in [1.54, 1.807) is 36.4 Å². The quantitative estimate of drug-likeness (QED) is 0.353. The van der Waals surface area contributed by atoms with Crippen molar-refractivity contribution >= 4 is 44.3 Å². The third kappa shape index (κ3) is 5.48. The first-order chi connectivity index (χ1) is 19.1. The molecule has 2 heterocycles. The number of anilines is 2. The number of ether oxygens (including phenoxy) is 1. The number of nitrogens with zero attached hydrogens (tertiary/aromatic N) is 3. The van der Waals surface area contributed by atoms with Gasteiger partial charge < -0.3 is 14.7 Å². The second kappa shape index (κ2) is 11.0. The highest BCUT2D eigenvalue weighted by Crippen LogP contribution is 2.34. The van der Waals surface area contributed by atoms with Crippen LogP contribution in [0.1, 0.15) is 23.6 Å². The van der Waals surface area contributed by atoms with Crippen molar-refractivity contribution in [2.24, 2.45) is 0 Å². The standard InChI is InChI=1S/C30H29N3O6S/c1-20-12-13-25-24(16-20)26(33(21(2)29(34)35)30(36)39-19-22-8-4-3-5-9-22)17-28(31-25)32-14-15-40(37,38)27-11-7-6-10-23(27)18-32/h3-13,16-17,21H,14-15,18-19H2,1-2H3,(H,34,35)/t21-/m0/s1. The Morgan fingerprint density at radius 1 is 1.05 bits per heavy atom. The first kappa shape index (κ1) is 27.1. The van der Waals surface area contributed by atoms with E-state index in [4.69, 9.17) is 9.72 Å². The summed E-state index contributed by atoms with van der Waals surface area (Å²) in [6.07, 6.45) is -0.817. The summed E-state index contributed by atoms with van der Waals surface area (Å²) in [5.41, 5.74) is 3.16. The number of aromatic nitrogens is 1. The van der Waals surface area contributed by atoms with Crippen LogP contribution in [0.15, 0.2) is 83.8 Å². The lowest BCUT2D eigenvalue weighted by Crippen LogP contribution is -2.44. The number of pyridine rings is 1. The molecule has 10 heteroatoms. The minimum Gasteiger partial charge on any atom is -0.480 e. The van der Waals surface area contributed by atoms with Gasteiger partial charge in [-0.25, -0.2) is 23.0 Å². The zero-order chi connectivity index (χ0) is 28.4. The summed E-state index contributed by atoms with van der Waals surface area (Å²) in [5, 5.41) is 10.5. The molecule has 1 atom stereocenters. The van der Waals surface area contributed by atoms with Crippen molar-refractivity contribution in [3.63, 3.8) is 0 Å². The number of rotatable bonds is 6. The number of benzene rings is 3. The molecule has 0 radical (unpaired) electrons. The van der Waals surface area contributed by atoms with Crippen molar-refractivity contribution in [3.05, 3.63) is 95.6 Å². The van der Waals surface area contributed by atoms with E-state index in [1.807, 2.05) is 54.3 Å². The number of amides is 1. The molecule has 4 aromatic rings. The van der Waals surface area contributed by atoms with E-state index in [0.29, 0.717) is 32.9 Å². The molecule has 0 spiro atoms. The van der Waals surface area contributed by atoms with E-state index >= 15 is 0 Å². The average Bonchev–Trinajstić information content (AvgIpc) is 3.08. The SMILES string of the molecule is Cc1ccc2nc(N3CCS(=O)(=O)c4ccccc4C3)cc(N(C(=O)OCc3ccccc3)[C@@H](C)C(=O)O)c2c1. The first-order valence-electron chi connectivity index (χ1n) is 12.8. The minimum atomic E-state index is -3.50. The van der Waals surface area contributed by atoms with E-state index in [1.165, 1.54) is 6.92 Å². The summed E-state index contributed by atoms with van der Waals surface area (Å²) in [5.74, 6) is -0.885. The summed E-state index contributed by atoms with van der Waals surface area (Å²) < 4.78 is 31.5. The maximum atomic E-state index is 13.5. The summed E-state index contributed by atoms with van der Waals surface area (Å²) in [4.78, 5) is 33.8. The van der Waals surface area contributed by atoms with Crippen molar-refractivity contribution in [2.45, 2.75) is 37.9 Å².